The molecule has 140 valence electrons. The molecule has 1 N–H and O–H groups in total. The van der Waals surface area contributed by atoms with Crippen molar-refractivity contribution in [3.63, 3.8) is 0 Å². The van der Waals surface area contributed by atoms with Crippen LogP contribution in [0.1, 0.15) is 16.7 Å². The summed E-state index contributed by atoms with van der Waals surface area (Å²) in [7, 11) is 0. The highest BCUT2D eigenvalue weighted by atomic mass is 35.5. The molecule has 0 fully saturated rings. The zero-order valence-corrected chi connectivity index (χ0v) is 16.3. The molecule has 0 aromatic heterocycles. The molecule has 0 saturated carbocycles. The highest BCUT2D eigenvalue weighted by molar-refractivity contribution is 5.92. The first-order valence-corrected chi connectivity index (χ1v) is 8.86. The molecular formula is C23H25ClN2O. The molecule has 0 aliphatic rings. The summed E-state index contributed by atoms with van der Waals surface area (Å²) in [5, 5.41) is 3.03. The van der Waals surface area contributed by atoms with Gasteiger partial charge in [0.15, 0.2) is 0 Å². The molecule has 4 heteroatoms. The second-order valence-electron chi connectivity index (χ2n) is 6.48. The highest BCUT2D eigenvalue weighted by Gasteiger charge is 2.13. The van der Waals surface area contributed by atoms with Gasteiger partial charge in [0.05, 0.1) is 6.54 Å². The van der Waals surface area contributed by atoms with Crippen LogP contribution >= 0.6 is 12.4 Å². The van der Waals surface area contributed by atoms with E-state index >= 15 is 0 Å². The standard InChI is InChI=1S/C23H24N2O.ClH/c1-19-10-8-9-15-22(19)24-23(26)18-25(16-20-11-4-2-5-12-20)17-21-13-6-3-7-14-21;/h2-15H,16-18H2,1H3,(H,24,26);1H. The zero-order chi connectivity index (χ0) is 18.2. The molecule has 0 bridgehead atoms. The largest absolute Gasteiger partial charge is 0.325 e. The summed E-state index contributed by atoms with van der Waals surface area (Å²) in [6.07, 6.45) is 0. The Morgan fingerprint density at radius 3 is 1.78 bits per heavy atom. The van der Waals surface area contributed by atoms with Crippen molar-refractivity contribution in [2.45, 2.75) is 20.0 Å². The van der Waals surface area contributed by atoms with E-state index in [0.717, 1.165) is 24.3 Å². The lowest BCUT2D eigenvalue weighted by Crippen LogP contribution is -2.32. The smallest absolute Gasteiger partial charge is 0.238 e. The molecule has 3 nitrogen and oxygen atoms in total. The molecule has 1 amide bonds. The fourth-order valence-electron chi connectivity index (χ4n) is 2.96. The average molecular weight is 381 g/mol. The van der Waals surface area contributed by atoms with Gasteiger partial charge >= 0.3 is 0 Å². The first-order chi connectivity index (χ1) is 12.7. The topological polar surface area (TPSA) is 32.3 Å². The number of nitrogens with zero attached hydrogens (tertiary/aromatic N) is 1. The number of hydrogen-bond acceptors (Lipinski definition) is 2. The Bertz CT molecular complexity index is 796. The van der Waals surface area contributed by atoms with E-state index in [4.69, 9.17) is 0 Å². The number of hydrogen-bond donors (Lipinski definition) is 1. The highest BCUT2D eigenvalue weighted by Crippen LogP contribution is 2.14. The molecule has 0 atom stereocenters. The van der Waals surface area contributed by atoms with Crippen LogP contribution in [0.2, 0.25) is 0 Å². The molecular weight excluding hydrogens is 356 g/mol. The second kappa shape index (κ2) is 10.5. The molecule has 0 saturated heterocycles. The number of amides is 1. The van der Waals surface area contributed by atoms with Crippen LogP contribution in [-0.2, 0) is 17.9 Å². The third kappa shape index (κ3) is 6.55. The number of nitrogens with one attached hydrogen (secondary N) is 1. The monoisotopic (exact) mass is 380 g/mol. The van der Waals surface area contributed by atoms with Crippen LogP contribution in [0, 0.1) is 6.92 Å². The van der Waals surface area contributed by atoms with Crippen molar-refractivity contribution < 1.29 is 4.79 Å². The quantitative estimate of drug-likeness (QED) is 0.621. The summed E-state index contributed by atoms with van der Waals surface area (Å²) in [4.78, 5) is 14.8. The van der Waals surface area contributed by atoms with Crippen LogP contribution in [0.15, 0.2) is 84.9 Å². The van der Waals surface area contributed by atoms with Gasteiger partial charge < -0.3 is 5.32 Å². The van der Waals surface area contributed by atoms with E-state index in [0.29, 0.717) is 6.54 Å². The number of carbonyl (C=O) groups is 1. The predicted octanol–water partition coefficient (Wildman–Crippen LogP) is 5.06. The van der Waals surface area contributed by atoms with Crippen LogP contribution in [0.5, 0.6) is 0 Å². The van der Waals surface area contributed by atoms with E-state index in [2.05, 4.69) is 34.5 Å². The lowest BCUT2D eigenvalue weighted by Gasteiger charge is -2.22. The van der Waals surface area contributed by atoms with Crippen molar-refractivity contribution >= 4 is 24.0 Å². The summed E-state index contributed by atoms with van der Waals surface area (Å²) in [6.45, 7) is 3.81. The van der Waals surface area contributed by atoms with E-state index in [-0.39, 0.29) is 18.3 Å². The summed E-state index contributed by atoms with van der Waals surface area (Å²) < 4.78 is 0. The van der Waals surface area contributed by atoms with E-state index in [1.54, 1.807) is 0 Å². The minimum absolute atomic E-state index is 0. The minimum atomic E-state index is 0. The summed E-state index contributed by atoms with van der Waals surface area (Å²) >= 11 is 0. The summed E-state index contributed by atoms with van der Waals surface area (Å²) in [6, 6.07) is 28.4. The number of anilines is 1. The van der Waals surface area contributed by atoms with Gasteiger partial charge in [0.25, 0.3) is 0 Å². The van der Waals surface area contributed by atoms with E-state index in [9.17, 15) is 4.79 Å². The van der Waals surface area contributed by atoms with Crippen molar-refractivity contribution in [3.05, 3.63) is 102 Å². The lowest BCUT2D eigenvalue weighted by atomic mass is 10.1. The van der Waals surface area contributed by atoms with E-state index in [1.165, 1.54) is 11.1 Å². The molecule has 0 aliphatic heterocycles. The van der Waals surface area contributed by atoms with Crippen LogP contribution < -0.4 is 5.32 Å². The van der Waals surface area contributed by atoms with Crippen LogP contribution in [0.3, 0.4) is 0 Å². The first kappa shape index (κ1) is 20.7. The maximum absolute atomic E-state index is 12.6. The number of halogens is 1. The lowest BCUT2D eigenvalue weighted by molar-refractivity contribution is -0.117. The Morgan fingerprint density at radius 2 is 1.26 bits per heavy atom. The third-order valence-electron chi connectivity index (χ3n) is 4.28. The van der Waals surface area contributed by atoms with Crippen molar-refractivity contribution in [1.82, 2.24) is 4.90 Å². The molecule has 3 rings (SSSR count). The van der Waals surface area contributed by atoms with Crippen molar-refractivity contribution in [2.75, 3.05) is 11.9 Å². The average Bonchev–Trinajstić information content (AvgIpc) is 2.65. The van der Waals surface area contributed by atoms with Crippen molar-refractivity contribution in [3.8, 4) is 0 Å². The molecule has 3 aromatic rings. The minimum Gasteiger partial charge on any atom is -0.325 e. The van der Waals surface area contributed by atoms with Crippen molar-refractivity contribution in [2.24, 2.45) is 0 Å². The normalized spacial score (nSPS) is 10.3. The molecule has 0 unspecified atom stereocenters. The van der Waals surface area contributed by atoms with Gasteiger partial charge in [0, 0.05) is 18.8 Å². The molecule has 3 aromatic carbocycles. The van der Waals surface area contributed by atoms with E-state index in [1.807, 2.05) is 67.6 Å². The van der Waals surface area contributed by atoms with Gasteiger partial charge in [-0.25, -0.2) is 0 Å². The fraction of sp³-hybridized carbons (Fsp3) is 0.174. The van der Waals surface area contributed by atoms with Gasteiger partial charge in [-0.05, 0) is 29.7 Å². The molecule has 0 heterocycles. The van der Waals surface area contributed by atoms with Crippen LogP contribution in [-0.4, -0.2) is 17.4 Å². The number of para-hydroxylation sites is 1. The van der Waals surface area contributed by atoms with Gasteiger partial charge in [0.2, 0.25) is 5.91 Å². The van der Waals surface area contributed by atoms with Gasteiger partial charge in [-0.1, -0.05) is 78.9 Å². The molecule has 0 aliphatic carbocycles. The number of rotatable bonds is 7. The fourth-order valence-corrected chi connectivity index (χ4v) is 2.96. The number of carbonyl (C=O) groups excluding carboxylic acids is 1. The van der Waals surface area contributed by atoms with Crippen molar-refractivity contribution in [1.29, 1.82) is 0 Å². The summed E-state index contributed by atoms with van der Waals surface area (Å²) in [5.41, 5.74) is 4.34. The Hall–Kier alpha value is -2.62. The van der Waals surface area contributed by atoms with Gasteiger partial charge in [-0.2, -0.15) is 0 Å². The number of aryl methyl sites for hydroxylation is 1. The zero-order valence-electron chi connectivity index (χ0n) is 15.5. The number of benzene rings is 3. The SMILES string of the molecule is Cc1ccccc1NC(=O)CN(Cc1ccccc1)Cc1ccccc1.Cl. The van der Waals surface area contributed by atoms with Crippen LogP contribution in [0.4, 0.5) is 5.69 Å². The van der Waals surface area contributed by atoms with E-state index < -0.39 is 0 Å². The third-order valence-corrected chi connectivity index (χ3v) is 4.28. The predicted molar refractivity (Wildman–Crippen MR) is 114 cm³/mol. The molecule has 0 radical (unpaired) electrons. The maximum atomic E-state index is 12.6. The Morgan fingerprint density at radius 1 is 0.778 bits per heavy atom. The van der Waals surface area contributed by atoms with Gasteiger partial charge in [0.1, 0.15) is 0 Å². The Labute approximate surface area is 167 Å². The van der Waals surface area contributed by atoms with Gasteiger partial charge in [-0.3, -0.25) is 9.69 Å². The van der Waals surface area contributed by atoms with Gasteiger partial charge in [-0.15, -0.1) is 12.4 Å². The second-order valence-corrected chi connectivity index (χ2v) is 6.48. The Balaban J connectivity index is 0.00000261. The Kier molecular flexibility index (Phi) is 8.05. The molecule has 27 heavy (non-hydrogen) atoms. The van der Waals surface area contributed by atoms with Crippen LogP contribution in [0.25, 0.3) is 0 Å². The molecule has 0 spiro atoms. The first-order valence-electron chi connectivity index (χ1n) is 8.86. The summed E-state index contributed by atoms with van der Waals surface area (Å²) in [5.74, 6) is 0.00571. The maximum Gasteiger partial charge on any atom is 0.238 e.